The molecule has 0 amide bonds. The fourth-order valence-electron chi connectivity index (χ4n) is 2.98. The van der Waals surface area contributed by atoms with Crippen LogP contribution in [0.15, 0.2) is 30.3 Å². The highest BCUT2D eigenvalue weighted by atomic mass is 32.2. The molecule has 0 saturated carbocycles. The van der Waals surface area contributed by atoms with E-state index in [9.17, 15) is 0 Å². The summed E-state index contributed by atoms with van der Waals surface area (Å²) in [6, 6.07) is 12.0. The molecule has 0 radical (unpaired) electrons. The predicted molar refractivity (Wildman–Crippen MR) is 85.8 cm³/mol. The van der Waals surface area contributed by atoms with Gasteiger partial charge >= 0.3 is 0 Å². The van der Waals surface area contributed by atoms with Gasteiger partial charge in [0.1, 0.15) is 0 Å². The molecule has 1 aliphatic heterocycles. The number of thioether (sulfide) groups is 1. The molecular formula is C16H26N2S. The predicted octanol–water partition coefficient (Wildman–Crippen LogP) is 2.94. The minimum atomic E-state index is 0.520. The highest BCUT2D eigenvalue weighted by Gasteiger charge is 2.26. The molecule has 2 rings (SSSR count). The van der Waals surface area contributed by atoms with Gasteiger partial charge in [0.05, 0.1) is 0 Å². The van der Waals surface area contributed by atoms with Crippen molar-refractivity contribution in [3.8, 4) is 0 Å². The van der Waals surface area contributed by atoms with E-state index in [0.29, 0.717) is 18.0 Å². The Hall–Kier alpha value is -0.510. The maximum atomic E-state index is 6.04. The Morgan fingerprint density at radius 2 is 2.11 bits per heavy atom. The zero-order chi connectivity index (χ0) is 13.7. The van der Waals surface area contributed by atoms with Crippen LogP contribution in [0.4, 0.5) is 0 Å². The molecule has 19 heavy (non-hydrogen) atoms. The van der Waals surface area contributed by atoms with E-state index in [1.165, 1.54) is 23.6 Å². The quantitative estimate of drug-likeness (QED) is 0.898. The summed E-state index contributed by atoms with van der Waals surface area (Å²) in [5.41, 5.74) is 7.47. The van der Waals surface area contributed by atoms with Crippen LogP contribution in [-0.2, 0) is 0 Å². The fourth-order valence-corrected chi connectivity index (χ4v) is 4.01. The first-order valence-electron chi connectivity index (χ1n) is 7.31. The minimum Gasteiger partial charge on any atom is -0.329 e. The van der Waals surface area contributed by atoms with E-state index in [0.717, 1.165) is 13.0 Å². The zero-order valence-corrected chi connectivity index (χ0v) is 12.9. The number of hydrogen-bond acceptors (Lipinski definition) is 3. The maximum absolute atomic E-state index is 6.04. The van der Waals surface area contributed by atoms with E-state index in [4.69, 9.17) is 5.73 Å². The molecule has 1 aromatic carbocycles. The minimum absolute atomic E-state index is 0.520. The number of nitrogens with zero attached hydrogens (tertiary/aromatic N) is 1. The Morgan fingerprint density at radius 1 is 1.37 bits per heavy atom. The highest BCUT2D eigenvalue weighted by Crippen LogP contribution is 2.26. The van der Waals surface area contributed by atoms with E-state index in [2.05, 4.69) is 60.8 Å². The normalized spacial score (nSPS) is 24.1. The lowest BCUT2D eigenvalue weighted by Gasteiger charge is -2.40. The monoisotopic (exact) mass is 278 g/mol. The zero-order valence-electron chi connectivity index (χ0n) is 12.1. The molecular weight excluding hydrogens is 252 g/mol. The van der Waals surface area contributed by atoms with Crippen molar-refractivity contribution in [2.75, 3.05) is 24.6 Å². The van der Waals surface area contributed by atoms with Gasteiger partial charge in [-0.15, -0.1) is 0 Å². The van der Waals surface area contributed by atoms with Gasteiger partial charge in [-0.2, -0.15) is 11.8 Å². The van der Waals surface area contributed by atoms with Crippen LogP contribution in [0, 0.1) is 0 Å². The molecule has 0 spiro atoms. The molecule has 3 heteroatoms. The molecule has 0 aliphatic carbocycles. The lowest BCUT2D eigenvalue weighted by Crippen LogP contribution is -2.50. The smallest absolute Gasteiger partial charge is 0.0227 e. The fraction of sp³-hybridized carbons (Fsp3) is 0.625. The Balaban J connectivity index is 1.98. The molecule has 0 bridgehead atoms. The lowest BCUT2D eigenvalue weighted by molar-refractivity contribution is 0.152. The van der Waals surface area contributed by atoms with Gasteiger partial charge in [-0.25, -0.2) is 0 Å². The number of rotatable bonds is 5. The molecule has 1 aliphatic rings. The average molecular weight is 278 g/mol. The van der Waals surface area contributed by atoms with Gasteiger partial charge in [0, 0.05) is 36.7 Å². The maximum Gasteiger partial charge on any atom is 0.0227 e. The lowest BCUT2D eigenvalue weighted by atomic mass is 9.92. The van der Waals surface area contributed by atoms with Crippen LogP contribution in [0.5, 0.6) is 0 Å². The second-order valence-electron chi connectivity index (χ2n) is 5.60. The molecule has 3 unspecified atom stereocenters. The topological polar surface area (TPSA) is 29.3 Å². The summed E-state index contributed by atoms with van der Waals surface area (Å²) in [5.74, 6) is 3.08. The van der Waals surface area contributed by atoms with E-state index in [1.807, 2.05) is 0 Å². The van der Waals surface area contributed by atoms with Crippen LogP contribution in [0.2, 0.25) is 0 Å². The summed E-state index contributed by atoms with van der Waals surface area (Å²) in [6.45, 7) is 6.62. The van der Waals surface area contributed by atoms with Crippen molar-refractivity contribution >= 4 is 11.8 Å². The third kappa shape index (κ3) is 3.98. The van der Waals surface area contributed by atoms with Gasteiger partial charge in [-0.05, 0) is 24.8 Å². The molecule has 2 nitrogen and oxygen atoms in total. The molecule has 0 aromatic heterocycles. The Morgan fingerprint density at radius 3 is 2.74 bits per heavy atom. The van der Waals surface area contributed by atoms with Gasteiger partial charge < -0.3 is 5.73 Å². The van der Waals surface area contributed by atoms with Crippen LogP contribution >= 0.6 is 11.8 Å². The van der Waals surface area contributed by atoms with Gasteiger partial charge in [-0.3, -0.25) is 4.90 Å². The van der Waals surface area contributed by atoms with E-state index < -0.39 is 0 Å². The largest absolute Gasteiger partial charge is 0.329 e. The molecule has 106 valence electrons. The second-order valence-corrected chi connectivity index (χ2v) is 6.75. The Bertz CT molecular complexity index is 368. The SMILES string of the molecule is CC(CC(CN)N1CCSCC1C)c1ccccc1. The summed E-state index contributed by atoms with van der Waals surface area (Å²) < 4.78 is 0. The van der Waals surface area contributed by atoms with Gasteiger partial charge in [0.25, 0.3) is 0 Å². The first-order chi connectivity index (χ1) is 9.22. The van der Waals surface area contributed by atoms with Crippen molar-refractivity contribution in [3.05, 3.63) is 35.9 Å². The van der Waals surface area contributed by atoms with E-state index in [-0.39, 0.29) is 0 Å². The number of nitrogens with two attached hydrogens (primary N) is 1. The van der Waals surface area contributed by atoms with Crippen molar-refractivity contribution in [2.45, 2.75) is 38.3 Å². The average Bonchev–Trinajstić information content (AvgIpc) is 2.46. The summed E-state index contributed by atoms with van der Waals surface area (Å²) in [6.07, 6.45) is 1.16. The summed E-state index contributed by atoms with van der Waals surface area (Å²) in [5, 5.41) is 0. The van der Waals surface area contributed by atoms with Crippen LogP contribution in [0.1, 0.15) is 31.7 Å². The summed E-state index contributed by atoms with van der Waals surface area (Å²) >= 11 is 2.07. The van der Waals surface area contributed by atoms with Gasteiger partial charge in [0.15, 0.2) is 0 Å². The number of hydrogen-bond donors (Lipinski definition) is 1. The summed E-state index contributed by atoms with van der Waals surface area (Å²) in [4.78, 5) is 2.62. The van der Waals surface area contributed by atoms with Crippen LogP contribution in [0.25, 0.3) is 0 Å². The van der Waals surface area contributed by atoms with Crippen LogP contribution in [0.3, 0.4) is 0 Å². The second kappa shape index (κ2) is 7.32. The standard InChI is InChI=1S/C16H26N2S/c1-13(15-6-4-3-5-7-15)10-16(11-17)18-8-9-19-12-14(18)2/h3-7,13-14,16H,8-12,17H2,1-2H3. The third-order valence-electron chi connectivity index (χ3n) is 4.15. The van der Waals surface area contributed by atoms with Crippen LogP contribution < -0.4 is 5.73 Å². The Labute approximate surface area is 121 Å². The number of benzene rings is 1. The van der Waals surface area contributed by atoms with E-state index >= 15 is 0 Å². The molecule has 2 N–H and O–H groups in total. The van der Waals surface area contributed by atoms with Crippen LogP contribution in [-0.4, -0.2) is 41.6 Å². The van der Waals surface area contributed by atoms with Gasteiger partial charge in [-0.1, -0.05) is 37.3 Å². The van der Waals surface area contributed by atoms with E-state index in [1.54, 1.807) is 0 Å². The summed E-state index contributed by atoms with van der Waals surface area (Å²) in [7, 11) is 0. The molecule has 1 heterocycles. The molecule has 1 fully saturated rings. The van der Waals surface area contributed by atoms with Crippen molar-refractivity contribution in [2.24, 2.45) is 5.73 Å². The first-order valence-corrected chi connectivity index (χ1v) is 8.46. The van der Waals surface area contributed by atoms with Gasteiger partial charge in [0.2, 0.25) is 0 Å². The molecule has 1 aromatic rings. The third-order valence-corrected chi connectivity index (χ3v) is 5.34. The molecule has 3 atom stereocenters. The Kier molecular flexibility index (Phi) is 5.74. The highest BCUT2D eigenvalue weighted by molar-refractivity contribution is 7.99. The van der Waals surface area contributed by atoms with Crippen molar-refractivity contribution in [3.63, 3.8) is 0 Å². The van der Waals surface area contributed by atoms with Crippen molar-refractivity contribution in [1.82, 2.24) is 4.90 Å². The molecule has 1 saturated heterocycles. The van der Waals surface area contributed by atoms with Crippen molar-refractivity contribution in [1.29, 1.82) is 0 Å². The van der Waals surface area contributed by atoms with Crippen molar-refractivity contribution < 1.29 is 0 Å². The first kappa shape index (κ1) is 14.9.